The molecular formula is C28H30Cl3N3. The third kappa shape index (κ3) is 5.91. The maximum absolute atomic E-state index is 6.94. The lowest BCUT2D eigenvalue weighted by Crippen LogP contribution is -2.37. The zero-order valence-electron chi connectivity index (χ0n) is 18.9. The van der Waals surface area contributed by atoms with Crippen molar-refractivity contribution in [3.8, 4) is 11.3 Å². The quantitative estimate of drug-likeness (QED) is 0.303. The molecule has 2 N–H and O–H groups in total. The van der Waals surface area contributed by atoms with Crippen molar-refractivity contribution in [2.24, 2.45) is 11.7 Å². The predicted octanol–water partition coefficient (Wildman–Crippen LogP) is 7.31. The van der Waals surface area contributed by atoms with Crippen LogP contribution in [0.3, 0.4) is 0 Å². The Hall–Kier alpha value is -2.14. The largest absolute Gasteiger partial charge is 0.324 e. The topological polar surface area (TPSA) is 42.1 Å². The minimum Gasteiger partial charge on any atom is -0.324 e. The highest BCUT2D eigenvalue weighted by molar-refractivity contribution is 6.31. The van der Waals surface area contributed by atoms with E-state index >= 15 is 0 Å². The highest BCUT2D eigenvalue weighted by atomic mass is 35.5. The first-order valence-corrected chi connectivity index (χ1v) is 11.7. The number of rotatable bonds is 5. The third-order valence-electron chi connectivity index (χ3n) is 6.62. The Labute approximate surface area is 219 Å². The van der Waals surface area contributed by atoms with Gasteiger partial charge in [0, 0.05) is 28.6 Å². The van der Waals surface area contributed by atoms with Gasteiger partial charge in [-0.25, -0.2) is 4.98 Å². The van der Waals surface area contributed by atoms with Crippen LogP contribution in [-0.2, 0) is 6.54 Å². The molecule has 5 rings (SSSR count). The molecule has 1 saturated heterocycles. The summed E-state index contributed by atoms with van der Waals surface area (Å²) in [5.74, 6) is 0.451. The summed E-state index contributed by atoms with van der Waals surface area (Å²) < 4.78 is 0. The van der Waals surface area contributed by atoms with Gasteiger partial charge in [0.05, 0.1) is 11.2 Å². The van der Waals surface area contributed by atoms with Gasteiger partial charge in [-0.15, -0.1) is 24.8 Å². The number of hydrogen-bond donors (Lipinski definition) is 1. The van der Waals surface area contributed by atoms with Crippen molar-refractivity contribution >= 4 is 47.3 Å². The standard InChI is InChI=1S/C28H28ClN3.2ClH/c29-23-11-12-24-25(18-26(31-27(24)17-23)21-9-5-2-6-10-21)28(30)22-13-15-32(16-14-22)19-20-7-3-1-4-8-20;;/h1-12,17-18,22,28H,13-16,19,30H2;2*1H. The summed E-state index contributed by atoms with van der Waals surface area (Å²) in [5, 5.41) is 1.80. The summed E-state index contributed by atoms with van der Waals surface area (Å²) in [5.41, 5.74) is 12.4. The number of piperidine rings is 1. The minimum absolute atomic E-state index is 0. The molecule has 178 valence electrons. The van der Waals surface area contributed by atoms with Crippen LogP contribution in [0.15, 0.2) is 84.9 Å². The second-order valence-electron chi connectivity index (χ2n) is 8.75. The molecule has 0 bridgehead atoms. The monoisotopic (exact) mass is 513 g/mol. The van der Waals surface area contributed by atoms with Gasteiger partial charge in [-0.1, -0.05) is 78.3 Å². The van der Waals surface area contributed by atoms with E-state index in [-0.39, 0.29) is 30.9 Å². The number of benzene rings is 3. The Morgan fingerprint density at radius 1 is 0.882 bits per heavy atom. The molecule has 1 aliphatic rings. The van der Waals surface area contributed by atoms with E-state index in [2.05, 4.69) is 59.5 Å². The molecule has 1 fully saturated rings. The lowest BCUT2D eigenvalue weighted by molar-refractivity contribution is 0.163. The van der Waals surface area contributed by atoms with Crippen LogP contribution < -0.4 is 5.73 Å². The van der Waals surface area contributed by atoms with E-state index in [1.54, 1.807) is 0 Å². The van der Waals surface area contributed by atoms with Crippen molar-refractivity contribution in [1.82, 2.24) is 9.88 Å². The van der Waals surface area contributed by atoms with Gasteiger partial charge in [-0.05, 0) is 61.2 Å². The SMILES string of the molecule is Cl.Cl.NC(c1cc(-c2ccccc2)nc2cc(Cl)ccc12)C1CCN(Cc2ccccc2)CC1. The molecule has 6 heteroatoms. The first kappa shape index (κ1) is 26.5. The second kappa shape index (κ2) is 12.0. The van der Waals surface area contributed by atoms with E-state index < -0.39 is 0 Å². The van der Waals surface area contributed by atoms with Gasteiger partial charge < -0.3 is 5.73 Å². The second-order valence-corrected chi connectivity index (χ2v) is 9.19. The number of hydrogen-bond acceptors (Lipinski definition) is 3. The van der Waals surface area contributed by atoms with Crippen molar-refractivity contribution in [1.29, 1.82) is 0 Å². The molecule has 3 nitrogen and oxygen atoms in total. The summed E-state index contributed by atoms with van der Waals surface area (Å²) in [6.45, 7) is 3.17. The van der Waals surface area contributed by atoms with Crippen molar-refractivity contribution in [3.63, 3.8) is 0 Å². The average Bonchev–Trinajstić information content (AvgIpc) is 2.84. The normalized spacial score (nSPS) is 15.4. The lowest BCUT2D eigenvalue weighted by atomic mass is 9.84. The van der Waals surface area contributed by atoms with Crippen LogP contribution in [0.25, 0.3) is 22.2 Å². The Morgan fingerprint density at radius 2 is 1.53 bits per heavy atom. The third-order valence-corrected chi connectivity index (χ3v) is 6.86. The Kier molecular flexibility index (Phi) is 9.35. The van der Waals surface area contributed by atoms with Gasteiger partial charge in [-0.3, -0.25) is 4.90 Å². The first-order valence-electron chi connectivity index (χ1n) is 11.3. The van der Waals surface area contributed by atoms with Crippen molar-refractivity contribution < 1.29 is 0 Å². The molecule has 0 saturated carbocycles. The molecule has 34 heavy (non-hydrogen) atoms. The summed E-state index contributed by atoms with van der Waals surface area (Å²) in [7, 11) is 0. The Morgan fingerprint density at radius 3 is 2.21 bits per heavy atom. The molecule has 0 radical (unpaired) electrons. The molecule has 2 heterocycles. The van der Waals surface area contributed by atoms with Crippen LogP contribution in [0.1, 0.15) is 30.0 Å². The zero-order valence-corrected chi connectivity index (χ0v) is 21.3. The molecule has 0 amide bonds. The van der Waals surface area contributed by atoms with Crippen LogP contribution in [0.2, 0.25) is 5.02 Å². The molecule has 0 spiro atoms. The van der Waals surface area contributed by atoms with Crippen molar-refractivity contribution in [2.75, 3.05) is 13.1 Å². The van der Waals surface area contributed by atoms with Crippen LogP contribution in [-0.4, -0.2) is 23.0 Å². The fourth-order valence-corrected chi connectivity index (χ4v) is 4.99. The van der Waals surface area contributed by atoms with E-state index in [0.717, 1.165) is 54.6 Å². The lowest BCUT2D eigenvalue weighted by Gasteiger charge is -2.35. The van der Waals surface area contributed by atoms with E-state index in [9.17, 15) is 0 Å². The molecular weight excluding hydrogens is 485 g/mol. The van der Waals surface area contributed by atoms with Crippen LogP contribution >= 0.6 is 36.4 Å². The van der Waals surface area contributed by atoms with Crippen molar-refractivity contribution in [3.05, 3.63) is 101 Å². The van der Waals surface area contributed by atoms with Crippen LogP contribution in [0.4, 0.5) is 0 Å². The average molecular weight is 515 g/mol. The molecule has 3 aromatic carbocycles. The highest BCUT2D eigenvalue weighted by Gasteiger charge is 2.27. The minimum atomic E-state index is -0.0250. The summed E-state index contributed by atoms with van der Waals surface area (Å²) in [4.78, 5) is 7.45. The highest BCUT2D eigenvalue weighted by Crippen LogP contribution is 2.35. The zero-order chi connectivity index (χ0) is 21.9. The summed E-state index contributed by atoms with van der Waals surface area (Å²) in [6, 6.07) is 29.1. The molecule has 1 aromatic heterocycles. The van der Waals surface area contributed by atoms with Gasteiger partial charge in [-0.2, -0.15) is 0 Å². The molecule has 1 unspecified atom stereocenters. The van der Waals surface area contributed by atoms with Gasteiger partial charge in [0.25, 0.3) is 0 Å². The number of fused-ring (bicyclic) bond motifs is 1. The Bertz CT molecular complexity index is 1190. The molecule has 1 atom stereocenters. The number of halogens is 3. The summed E-state index contributed by atoms with van der Waals surface area (Å²) in [6.07, 6.45) is 2.21. The van der Waals surface area contributed by atoms with E-state index in [1.165, 1.54) is 11.1 Å². The molecule has 0 aliphatic carbocycles. The van der Waals surface area contributed by atoms with Gasteiger partial charge in [0.15, 0.2) is 0 Å². The Balaban J connectivity index is 0.00000162. The van der Waals surface area contributed by atoms with Gasteiger partial charge in [0.2, 0.25) is 0 Å². The summed E-state index contributed by atoms with van der Waals surface area (Å²) >= 11 is 6.30. The molecule has 4 aromatic rings. The number of nitrogens with zero attached hydrogens (tertiary/aromatic N) is 2. The predicted molar refractivity (Wildman–Crippen MR) is 148 cm³/mol. The number of aromatic nitrogens is 1. The maximum atomic E-state index is 6.94. The van der Waals surface area contributed by atoms with Crippen molar-refractivity contribution in [2.45, 2.75) is 25.4 Å². The fourth-order valence-electron chi connectivity index (χ4n) is 4.83. The number of pyridine rings is 1. The van der Waals surface area contributed by atoms with Gasteiger partial charge in [0.1, 0.15) is 0 Å². The maximum Gasteiger partial charge on any atom is 0.0727 e. The van der Waals surface area contributed by atoms with E-state index in [1.807, 2.05) is 30.3 Å². The van der Waals surface area contributed by atoms with Crippen LogP contribution in [0.5, 0.6) is 0 Å². The van der Waals surface area contributed by atoms with Gasteiger partial charge >= 0.3 is 0 Å². The number of nitrogens with two attached hydrogens (primary N) is 1. The first-order chi connectivity index (χ1) is 15.7. The smallest absolute Gasteiger partial charge is 0.0727 e. The number of likely N-dealkylation sites (tertiary alicyclic amines) is 1. The fraction of sp³-hybridized carbons (Fsp3) is 0.250. The van der Waals surface area contributed by atoms with E-state index in [0.29, 0.717) is 10.9 Å². The molecule has 1 aliphatic heterocycles. The van der Waals surface area contributed by atoms with Crippen LogP contribution in [0, 0.1) is 5.92 Å². The van der Waals surface area contributed by atoms with E-state index in [4.69, 9.17) is 22.3 Å².